The van der Waals surface area contributed by atoms with E-state index in [2.05, 4.69) is 4.72 Å². The molecule has 30 heavy (non-hydrogen) atoms. The molecule has 7 nitrogen and oxygen atoms in total. The molecule has 1 amide bonds. The van der Waals surface area contributed by atoms with Crippen LogP contribution in [0.1, 0.15) is 35.2 Å². The number of amides is 1. The van der Waals surface area contributed by atoms with Crippen LogP contribution < -0.4 is 4.72 Å². The molecule has 2 aliphatic rings. The Balaban J connectivity index is 1.40. The molecule has 2 aromatic rings. The summed E-state index contributed by atoms with van der Waals surface area (Å²) < 4.78 is 32.9. The second-order valence-electron chi connectivity index (χ2n) is 7.45. The van der Waals surface area contributed by atoms with Gasteiger partial charge in [-0.05, 0) is 37.1 Å². The molecule has 0 saturated carbocycles. The number of nitrogens with one attached hydrogen (secondary N) is 1. The molecule has 1 atom stereocenters. The highest BCUT2D eigenvalue weighted by Gasteiger charge is 2.48. The number of hydrogen-bond donors (Lipinski definition) is 1. The van der Waals surface area contributed by atoms with Gasteiger partial charge in [0.05, 0.1) is 17.0 Å². The Kier molecular flexibility index (Phi) is 5.57. The number of likely N-dealkylation sites (tertiary alicyclic amines) is 1. The number of fused-ring (bicyclic) bond motifs is 2. The number of nitrogens with zero attached hydrogens (tertiary/aromatic N) is 1. The smallest absolute Gasteiger partial charge is 0.339 e. The number of carbonyl (C=O) groups excluding carboxylic acids is 2. The standard InChI is InChI=1S/C21H21ClN2O5S/c22-15-5-3-6-16(13-15)30(27,28)23-11-9-19(25)24-12-4-10-21(14-24)18-8-2-1-7-17(18)20(26)29-21/h1-3,5-8,13,23H,4,9-12,14H2. The third kappa shape index (κ3) is 3.95. The molecular formula is C21H21ClN2O5S. The lowest BCUT2D eigenvalue weighted by molar-refractivity contribution is -0.138. The Hall–Kier alpha value is -2.42. The predicted octanol–water partition coefficient (Wildman–Crippen LogP) is 2.70. The van der Waals surface area contributed by atoms with Gasteiger partial charge in [-0.25, -0.2) is 17.9 Å². The molecule has 1 unspecified atom stereocenters. The highest BCUT2D eigenvalue weighted by atomic mass is 35.5. The molecule has 2 heterocycles. The SMILES string of the molecule is O=C1OC2(CCCN(C(=O)CCNS(=O)(=O)c3cccc(Cl)c3)C2)c2ccccc21. The maximum atomic E-state index is 12.7. The minimum absolute atomic E-state index is 0.00543. The number of esters is 1. The topological polar surface area (TPSA) is 92.8 Å². The average Bonchev–Trinajstić information content (AvgIpc) is 2.99. The van der Waals surface area contributed by atoms with Crippen LogP contribution in [0, 0.1) is 0 Å². The molecule has 0 aromatic heterocycles. The summed E-state index contributed by atoms with van der Waals surface area (Å²) in [6.07, 6.45) is 1.36. The summed E-state index contributed by atoms with van der Waals surface area (Å²) in [5, 5.41) is 0.318. The van der Waals surface area contributed by atoms with E-state index >= 15 is 0 Å². The van der Waals surface area contributed by atoms with Crippen LogP contribution in [0.5, 0.6) is 0 Å². The molecule has 0 bridgehead atoms. The molecule has 1 N–H and O–H groups in total. The van der Waals surface area contributed by atoms with Gasteiger partial charge >= 0.3 is 5.97 Å². The maximum absolute atomic E-state index is 12.7. The number of carbonyl (C=O) groups is 2. The van der Waals surface area contributed by atoms with Gasteiger partial charge in [-0.3, -0.25) is 4.79 Å². The van der Waals surface area contributed by atoms with Crippen molar-refractivity contribution in [1.29, 1.82) is 0 Å². The van der Waals surface area contributed by atoms with Gasteiger partial charge < -0.3 is 9.64 Å². The second kappa shape index (κ2) is 8.02. The summed E-state index contributed by atoms with van der Waals surface area (Å²) in [5.74, 6) is -0.558. The van der Waals surface area contributed by atoms with E-state index in [4.69, 9.17) is 16.3 Å². The molecule has 158 valence electrons. The van der Waals surface area contributed by atoms with Gasteiger partial charge in [-0.15, -0.1) is 0 Å². The second-order valence-corrected chi connectivity index (χ2v) is 9.66. The average molecular weight is 449 g/mol. The van der Waals surface area contributed by atoms with Gasteiger partial charge in [-0.2, -0.15) is 0 Å². The van der Waals surface area contributed by atoms with E-state index in [9.17, 15) is 18.0 Å². The molecule has 1 fully saturated rings. The Morgan fingerprint density at radius 3 is 2.80 bits per heavy atom. The van der Waals surface area contributed by atoms with Crippen LogP contribution in [0.3, 0.4) is 0 Å². The van der Waals surface area contributed by atoms with Crippen LogP contribution >= 0.6 is 11.6 Å². The summed E-state index contributed by atoms with van der Waals surface area (Å²) in [6.45, 7) is 0.782. The van der Waals surface area contributed by atoms with Crippen molar-refractivity contribution in [3.05, 3.63) is 64.7 Å². The summed E-state index contributed by atoms with van der Waals surface area (Å²) in [6, 6.07) is 13.2. The van der Waals surface area contributed by atoms with Gasteiger partial charge in [0.25, 0.3) is 0 Å². The van der Waals surface area contributed by atoms with Crippen LogP contribution in [0.15, 0.2) is 53.4 Å². The summed E-state index contributed by atoms with van der Waals surface area (Å²) in [7, 11) is -3.75. The Morgan fingerprint density at radius 1 is 1.20 bits per heavy atom. The van der Waals surface area contributed by atoms with Crippen molar-refractivity contribution in [3.63, 3.8) is 0 Å². The fraction of sp³-hybridized carbons (Fsp3) is 0.333. The number of halogens is 1. The molecule has 1 saturated heterocycles. The zero-order valence-corrected chi connectivity index (χ0v) is 17.7. The lowest BCUT2D eigenvalue weighted by atomic mass is 9.85. The number of sulfonamides is 1. The van der Waals surface area contributed by atoms with Crippen molar-refractivity contribution in [1.82, 2.24) is 9.62 Å². The molecule has 2 aromatic carbocycles. The lowest BCUT2D eigenvalue weighted by Crippen LogP contribution is -2.49. The van der Waals surface area contributed by atoms with E-state index < -0.39 is 15.6 Å². The first-order chi connectivity index (χ1) is 14.3. The monoisotopic (exact) mass is 448 g/mol. The number of benzene rings is 2. The Bertz CT molecular complexity index is 1100. The third-order valence-electron chi connectivity index (χ3n) is 5.47. The highest BCUT2D eigenvalue weighted by molar-refractivity contribution is 7.89. The highest BCUT2D eigenvalue weighted by Crippen LogP contribution is 2.42. The molecule has 9 heteroatoms. The van der Waals surface area contributed by atoms with Gasteiger partial charge in [0.15, 0.2) is 5.60 Å². The molecule has 0 aliphatic carbocycles. The van der Waals surface area contributed by atoms with Crippen molar-refractivity contribution in [3.8, 4) is 0 Å². The first kappa shape index (κ1) is 20.8. The Morgan fingerprint density at radius 2 is 2.00 bits per heavy atom. The summed E-state index contributed by atoms with van der Waals surface area (Å²) >= 11 is 5.85. The van der Waals surface area contributed by atoms with Crippen LogP contribution in [-0.2, 0) is 25.2 Å². The van der Waals surface area contributed by atoms with Crippen molar-refractivity contribution < 1.29 is 22.7 Å². The summed E-state index contributed by atoms with van der Waals surface area (Å²) in [5.41, 5.74) is 0.539. The molecule has 1 spiro atoms. The quantitative estimate of drug-likeness (QED) is 0.710. The Labute approximate surface area is 180 Å². The summed E-state index contributed by atoms with van der Waals surface area (Å²) in [4.78, 5) is 26.7. The zero-order valence-electron chi connectivity index (χ0n) is 16.1. The predicted molar refractivity (Wildman–Crippen MR) is 111 cm³/mol. The van der Waals surface area contributed by atoms with Gasteiger partial charge in [-0.1, -0.05) is 35.9 Å². The van der Waals surface area contributed by atoms with Gasteiger partial charge in [0, 0.05) is 30.1 Å². The molecule has 0 radical (unpaired) electrons. The molecule has 2 aliphatic heterocycles. The van der Waals surface area contributed by atoms with Crippen LogP contribution in [0.25, 0.3) is 0 Å². The van der Waals surface area contributed by atoms with Crippen LogP contribution in [0.2, 0.25) is 5.02 Å². The van der Waals surface area contributed by atoms with E-state index in [0.29, 0.717) is 30.0 Å². The largest absolute Gasteiger partial charge is 0.449 e. The van der Waals surface area contributed by atoms with E-state index in [0.717, 1.165) is 5.56 Å². The minimum Gasteiger partial charge on any atom is -0.449 e. The lowest BCUT2D eigenvalue weighted by Gasteiger charge is -2.39. The van der Waals surface area contributed by atoms with E-state index in [-0.39, 0.29) is 36.3 Å². The third-order valence-corrected chi connectivity index (χ3v) is 7.16. The number of hydrogen-bond acceptors (Lipinski definition) is 5. The van der Waals surface area contributed by atoms with Crippen LogP contribution in [0.4, 0.5) is 0 Å². The number of rotatable bonds is 5. The van der Waals surface area contributed by atoms with Crippen molar-refractivity contribution in [2.75, 3.05) is 19.6 Å². The van der Waals surface area contributed by atoms with Crippen LogP contribution in [-0.4, -0.2) is 44.8 Å². The zero-order chi connectivity index (χ0) is 21.4. The van der Waals surface area contributed by atoms with E-state index in [1.807, 2.05) is 12.1 Å². The molecular weight excluding hydrogens is 428 g/mol. The van der Waals surface area contributed by atoms with Crippen molar-refractivity contribution >= 4 is 33.5 Å². The fourth-order valence-corrected chi connectivity index (χ4v) is 5.38. The van der Waals surface area contributed by atoms with Gasteiger partial charge in [0.1, 0.15) is 0 Å². The van der Waals surface area contributed by atoms with Gasteiger partial charge in [0.2, 0.25) is 15.9 Å². The maximum Gasteiger partial charge on any atom is 0.339 e. The van der Waals surface area contributed by atoms with Crippen molar-refractivity contribution in [2.24, 2.45) is 0 Å². The number of piperidine rings is 1. The first-order valence-electron chi connectivity index (χ1n) is 9.67. The minimum atomic E-state index is -3.75. The van der Waals surface area contributed by atoms with E-state index in [1.54, 1.807) is 29.2 Å². The molecule has 4 rings (SSSR count). The number of ether oxygens (including phenoxy) is 1. The first-order valence-corrected chi connectivity index (χ1v) is 11.5. The normalized spacial score (nSPS) is 20.8. The van der Waals surface area contributed by atoms with E-state index in [1.165, 1.54) is 12.1 Å². The fourth-order valence-electron chi connectivity index (χ4n) is 4.05. The van der Waals surface area contributed by atoms with Crippen molar-refractivity contribution in [2.45, 2.75) is 29.8 Å².